The first kappa shape index (κ1) is 13.9. The Labute approximate surface area is 113 Å². The molecule has 1 saturated heterocycles. The summed E-state index contributed by atoms with van der Waals surface area (Å²) in [6.07, 6.45) is 0. The van der Waals surface area contributed by atoms with Crippen LogP contribution in [-0.2, 0) is 9.47 Å². The Morgan fingerprint density at radius 3 is 2.63 bits per heavy atom. The molecule has 1 fully saturated rings. The number of nitrogen functional groups attached to an aromatic ring is 1. The monoisotopic (exact) mass is 267 g/mol. The highest BCUT2D eigenvalue weighted by Gasteiger charge is 2.28. The standard InChI is InChI=1S/C13H21N3O3/c1-8-5-10(14)11(16-12(8)17-4)15-9-6-18-13(2,3)19-7-9/h5,9H,6-7,14H2,1-4H3,(H,15,16). The second-order valence-corrected chi connectivity index (χ2v) is 5.12. The molecule has 0 atom stereocenters. The number of nitrogens with one attached hydrogen (secondary N) is 1. The molecule has 0 amide bonds. The zero-order valence-electron chi connectivity index (χ0n) is 11.8. The third kappa shape index (κ3) is 3.27. The average molecular weight is 267 g/mol. The summed E-state index contributed by atoms with van der Waals surface area (Å²) in [6, 6.07) is 1.86. The maximum Gasteiger partial charge on any atom is 0.218 e. The van der Waals surface area contributed by atoms with E-state index < -0.39 is 5.79 Å². The Balaban J connectivity index is 2.07. The van der Waals surface area contributed by atoms with Gasteiger partial charge < -0.3 is 25.3 Å². The van der Waals surface area contributed by atoms with Crippen molar-refractivity contribution in [3.05, 3.63) is 11.6 Å². The number of anilines is 2. The molecule has 0 radical (unpaired) electrons. The van der Waals surface area contributed by atoms with Crippen LogP contribution in [0, 0.1) is 6.92 Å². The molecule has 6 nitrogen and oxygen atoms in total. The van der Waals surface area contributed by atoms with E-state index in [0.717, 1.165) is 5.56 Å². The van der Waals surface area contributed by atoms with E-state index in [-0.39, 0.29) is 6.04 Å². The van der Waals surface area contributed by atoms with Crippen LogP contribution in [0.3, 0.4) is 0 Å². The molecule has 1 aromatic rings. The van der Waals surface area contributed by atoms with E-state index in [1.165, 1.54) is 0 Å². The molecule has 19 heavy (non-hydrogen) atoms. The molecule has 1 aliphatic heterocycles. The molecular formula is C13H21N3O3. The number of aromatic nitrogens is 1. The van der Waals surface area contributed by atoms with Crippen LogP contribution >= 0.6 is 0 Å². The number of ether oxygens (including phenoxy) is 3. The van der Waals surface area contributed by atoms with E-state index >= 15 is 0 Å². The highest BCUT2D eigenvalue weighted by atomic mass is 16.7. The number of methoxy groups -OCH3 is 1. The van der Waals surface area contributed by atoms with Gasteiger partial charge in [-0.2, -0.15) is 4.98 Å². The summed E-state index contributed by atoms with van der Waals surface area (Å²) in [6.45, 7) is 6.78. The van der Waals surface area contributed by atoms with Crippen LogP contribution in [0.15, 0.2) is 6.07 Å². The van der Waals surface area contributed by atoms with Crippen molar-refractivity contribution in [2.45, 2.75) is 32.6 Å². The van der Waals surface area contributed by atoms with Crippen LogP contribution in [0.5, 0.6) is 5.88 Å². The van der Waals surface area contributed by atoms with Gasteiger partial charge in [0, 0.05) is 5.56 Å². The number of hydrogen-bond donors (Lipinski definition) is 2. The van der Waals surface area contributed by atoms with Gasteiger partial charge in [0.1, 0.15) is 0 Å². The van der Waals surface area contributed by atoms with Crippen LogP contribution in [0.2, 0.25) is 0 Å². The van der Waals surface area contributed by atoms with Crippen LogP contribution < -0.4 is 15.8 Å². The maximum absolute atomic E-state index is 5.95. The largest absolute Gasteiger partial charge is 0.481 e. The first-order valence-corrected chi connectivity index (χ1v) is 6.27. The summed E-state index contributed by atoms with van der Waals surface area (Å²) in [7, 11) is 1.59. The molecule has 0 aliphatic carbocycles. The number of nitrogens with two attached hydrogens (primary N) is 1. The number of pyridine rings is 1. The van der Waals surface area contributed by atoms with Crippen LogP contribution in [0.4, 0.5) is 11.5 Å². The van der Waals surface area contributed by atoms with Gasteiger partial charge in [-0.1, -0.05) is 0 Å². The third-order valence-corrected chi connectivity index (χ3v) is 2.99. The summed E-state index contributed by atoms with van der Waals surface area (Å²) >= 11 is 0. The van der Waals surface area contributed by atoms with Gasteiger partial charge in [-0.05, 0) is 26.8 Å². The van der Waals surface area contributed by atoms with Crippen molar-refractivity contribution in [3.63, 3.8) is 0 Å². The Kier molecular flexibility index (Phi) is 3.82. The molecule has 6 heteroatoms. The van der Waals surface area contributed by atoms with Crippen molar-refractivity contribution in [2.75, 3.05) is 31.4 Å². The number of hydrogen-bond acceptors (Lipinski definition) is 6. The van der Waals surface area contributed by atoms with Crippen molar-refractivity contribution in [2.24, 2.45) is 0 Å². The number of rotatable bonds is 3. The average Bonchev–Trinajstić information content (AvgIpc) is 2.35. The van der Waals surface area contributed by atoms with Gasteiger partial charge >= 0.3 is 0 Å². The minimum Gasteiger partial charge on any atom is -0.481 e. The second-order valence-electron chi connectivity index (χ2n) is 5.12. The maximum atomic E-state index is 5.95. The SMILES string of the molecule is COc1nc(NC2COC(C)(C)OC2)c(N)cc1C. The van der Waals surface area contributed by atoms with Gasteiger partial charge in [0.2, 0.25) is 5.88 Å². The first-order valence-electron chi connectivity index (χ1n) is 6.27. The summed E-state index contributed by atoms with van der Waals surface area (Å²) in [5.41, 5.74) is 7.44. The molecule has 0 bridgehead atoms. The first-order chi connectivity index (χ1) is 8.91. The Morgan fingerprint density at radius 2 is 2.05 bits per heavy atom. The fourth-order valence-electron chi connectivity index (χ4n) is 1.91. The molecule has 0 spiro atoms. The zero-order valence-corrected chi connectivity index (χ0v) is 11.8. The molecule has 0 saturated carbocycles. The van der Waals surface area contributed by atoms with Gasteiger partial charge in [-0.25, -0.2) is 0 Å². The van der Waals surface area contributed by atoms with Gasteiger partial charge in [-0.15, -0.1) is 0 Å². The molecule has 3 N–H and O–H groups in total. The van der Waals surface area contributed by atoms with Gasteiger partial charge in [0.05, 0.1) is 32.1 Å². The fraction of sp³-hybridized carbons (Fsp3) is 0.615. The van der Waals surface area contributed by atoms with E-state index in [4.69, 9.17) is 19.9 Å². The molecule has 0 unspecified atom stereocenters. The van der Waals surface area contributed by atoms with Crippen LogP contribution in [0.25, 0.3) is 0 Å². The van der Waals surface area contributed by atoms with E-state index in [1.54, 1.807) is 7.11 Å². The smallest absolute Gasteiger partial charge is 0.218 e. The second kappa shape index (κ2) is 5.22. The third-order valence-electron chi connectivity index (χ3n) is 2.99. The van der Waals surface area contributed by atoms with Crippen molar-refractivity contribution in [3.8, 4) is 5.88 Å². The van der Waals surface area contributed by atoms with Crippen LogP contribution in [-0.4, -0.2) is 37.1 Å². The number of nitrogens with zero attached hydrogens (tertiary/aromatic N) is 1. The van der Waals surface area contributed by atoms with Gasteiger partial charge in [0.15, 0.2) is 11.6 Å². The van der Waals surface area contributed by atoms with Crippen LogP contribution in [0.1, 0.15) is 19.4 Å². The predicted molar refractivity (Wildman–Crippen MR) is 73.3 cm³/mol. The van der Waals surface area contributed by atoms with E-state index in [0.29, 0.717) is 30.6 Å². The van der Waals surface area contributed by atoms with Crippen molar-refractivity contribution in [1.29, 1.82) is 0 Å². The lowest BCUT2D eigenvalue weighted by molar-refractivity contribution is -0.247. The zero-order chi connectivity index (χ0) is 14.0. The number of aryl methyl sites for hydroxylation is 1. The lowest BCUT2D eigenvalue weighted by Gasteiger charge is -2.35. The highest BCUT2D eigenvalue weighted by Crippen LogP contribution is 2.26. The molecule has 106 valence electrons. The van der Waals surface area contributed by atoms with E-state index in [9.17, 15) is 0 Å². The summed E-state index contributed by atoms with van der Waals surface area (Å²) in [5, 5.41) is 3.22. The summed E-state index contributed by atoms with van der Waals surface area (Å²) < 4.78 is 16.4. The molecule has 2 heterocycles. The fourth-order valence-corrected chi connectivity index (χ4v) is 1.91. The molecule has 1 aliphatic rings. The van der Waals surface area contributed by atoms with E-state index in [2.05, 4.69) is 10.3 Å². The minimum absolute atomic E-state index is 0.0234. The Morgan fingerprint density at radius 1 is 1.42 bits per heavy atom. The van der Waals surface area contributed by atoms with Crippen molar-refractivity contribution < 1.29 is 14.2 Å². The van der Waals surface area contributed by atoms with Crippen molar-refractivity contribution >= 4 is 11.5 Å². The lowest BCUT2D eigenvalue weighted by atomic mass is 10.2. The summed E-state index contributed by atoms with van der Waals surface area (Å²) in [5.74, 6) is 0.635. The molecule has 2 rings (SSSR count). The van der Waals surface area contributed by atoms with Gasteiger partial charge in [-0.3, -0.25) is 0 Å². The molecule has 0 aromatic carbocycles. The quantitative estimate of drug-likeness (QED) is 0.865. The predicted octanol–water partition coefficient (Wildman–Crippen LogP) is 1.54. The summed E-state index contributed by atoms with van der Waals surface area (Å²) in [4.78, 5) is 4.35. The Hall–Kier alpha value is -1.53. The van der Waals surface area contributed by atoms with Gasteiger partial charge in [0.25, 0.3) is 0 Å². The molecule has 1 aromatic heterocycles. The Bertz CT molecular complexity index is 453. The lowest BCUT2D eigenvalue weighted by Crippen LogP contribution is -2.45. The molecular weight excluding hydrogens is 246 g/mol. The minimum atomic E-state index is -0.526. The van der Waals surface area contributed by atoms with E-state index in [1.807, 2.05) is 26.8 Å². The van der Waals surface area contributed by atoms with Crippen molar-refractivity contribution in [1.82, 2.24) is 4.98 Å². The highest BCUT2D eigenvalue weighted by molar-refractivity contribution is 5.64. The topological polar surface area (TPSA) is 78.6 Å². The normalized spacial score (nSPS) is 19.2.